The maximum atomic E-state index is 4.83. The number of alkyl halides is 1. The molecule has 0 bridgehead atoms. The molecule has 0 amide bonds. The molecule has 5 heteroatoms. The smallest absolute Gasteiger partial charge is 0.106 e. The van der Waals surface area contributed by atoms with Crippen LogP contribution in [-0.2, 0) is 4.84 Å². The molecule has 1 rings (SSSR count). The third-order valence-corrected chi connectivity index (χ3v) is 3.84. The maximum absolute atomic E-state index is 4.83. The van der Waals surface area contributed by atoms with E-state index in [-0.39, 0.29) is 0 Å². The Kier molecular flexibility index (Phi) is 5.74. The summed E-state index contributed by atoms with van der Waals surface area (Å²) in [5.74, 6) is 0. The second-order valence-electron chi connectivity index (χ2n) is 2.62. The molecule has 0 aromatic carbocycles. The van der Waals surface area contributed by atoms with E-state index in [0.29, 0.717) is 0 Å². The number of rotatable bonds is 5. The minimum atomic E-state index is 0.937. The van der Waals surface area contributed by atoms with Crippen molar-refractivity contribution in [3.05, 3.63) is 20.8 Å². The Morgan fingerprint density at radius 2 is 2.36 bits per heavy atom. The van der Waals surface area contributed by atoms with Gasteiger partial charge in [0.15, 0.2) is 0 Å². The van der Waals surface area contributed by atoms with Crippen molar-refractivity contribution in [3.8, 4) is 0 Å². The molecule has 0 saturated carbocycles. The summed E-state index contributed by atoms with van der Waals surface area (Å²) in [7, 11) is 1.58. The lowest BCUT2D eigenvalue weighted by Gasteiger charge is -2.00. The number of hydrogen-bond donors (Lipinski definition) is 0. The molecule has 1 heterocycles. The zero-order valence-corrected chi connectivity index (χ0v) is 11.8. The summed E-state index contributed by atoms with van der Waals surface area (Å²) in [6, 6.07) is 4.08. The Labute approximate surface area is 105 Å². The van der Waals surface area contributed by atoms with Crippen LogP contribution in [0.2, 0.25) is 0 Å². The Morgan fingerprint density at radius 1 is 1.57 bits per heavy atom. The van der Waals surface area contributed by atoms with Gasteiger partial charge < -0.3 is 4.84 Å². The van der Waals surface area contributed by atoms with E-state index in [1.165, 1.54) is 4.88 Å². The first-order valence-electron chi connectivity index (χ1n) is 4.19. The molecule has 0 saturated heterocycles. The fourth-order valence-electron chi connectivity index (χ4n) is 1.03. The van der Waals surface area contributed by atoms with E-state index < -0.39 is 0 Å². The van der Waals surface area contributed by atoms with Crippen LogP contribution >= 0.6 is 43.2 Å². The van der Waals surface area contributed by atoms with Crippen LogP contribution in [0, 0.1) is 0 Å². The molecular formula is C9H11Br2NOS. The zero-order valence-electron chi connectivity index (χ0n) is 7.80. The molecule has 0 aliphatic rings. The summed E-state index contributed by atoms with van der Waals surface area (Å²) in [6.45, 7) is 0. The van der Waals surface area contributed by atoms with Crippen molar-refractivity contribution in [2.45, 2.75) is 12.8 Å². The van der Waals surface area contributed by atoms with Gasteiger partial charge in [-0.25, -0.2) is 0 Å². The van der Waals surface area contributed by atoms with Crippen LogP contribution in [0.25, 0.3) is 0 Å². The highest BCUT2D eigenvalue weighted by atomic mass is 79.9. The standard InChI is InChI=1S/C9H11Br2NOS/c1-13-12-7(3-2-6-10)8-4-5-9(11)14-8/h4-5H,2-3,6H2,1H3. The molecule has 1 aromatic rings. The van der Waals surface area contributed by atoms with Crippen molar-refractivity contribution in [2.24, 2.45) is 5.16 Å². The number of hydrogen-bond acceptors (Lipinski definition) is 3. The molecule has 0 N–H and O–H groups in total. The zero-order chi connectivity index (χ0) is 10.4. The molecule has 1 aromatic heterocycles. The van der Waals surface area contributed by atoms with Gasteiger partial charge in [-0.2, -0.15) is 0 Å². The molecule has 0 fully saturated rings. The van der Waals surface area contributed by atoms with Gasteiger partial charge in [0.05, 0.1) is 14.4 Å². The molecular weight excluding hydrogens is 330 g/mol. The molecule has 0 aliphatic carbocycles. The minimum Gasteiger partial charge on any atom is -0.399 e. The number of halogens is 2. The van der Waals surface area contributed by atoms with Crippen LogP contribution in [0.3, 0.4) is 0 Å². The summed E-state index contributed by atoms with van der Waals surface area (Å²) < 4.78 is 1.12. The van der Waals surface area contributed by atoms with Gasteiger partial charge >= 0.3 is 0 Å². The van der Waals surface area contributed by atoms with Crippen LogP contribution in [0.1, 0.15) is 17.7 Å². The monoisotopic (exact) mass is 339 g/mol. The quantitative estimate of drug-likeness (QED) is 0.450. The summed E-state index contributed by atoms with van der Waals surface area (Å²) in [6.07, 6.45) is 2.00. The first-order valence-corrected chi connectivity index (χ1v) is 6.92. The van der Waals surface area contributed by atoms with E-state index in [1.54, 1.807) is 18.4 Å². The van der Waals surface area contributed by atoms with E-state index >= 15 is 0 Å². The maximum Gasteiger partial charge on any atom is 0.106 e. The van der Waals surface area contributed by atoms with E-state index in [1.807, 2.05) is 6.07 Å². The van der Waals surface area contributed by atoms with Crippen molar-refractivity contribution in [3.63, 3.8) is 0 Å². The Balaban J connectivity index is 2.73. The van der Waals surface area contributed by atoms with Crippen LogP contribution < -0.4 is 0 Å². The van der Waals surface area contributed by atoms with E-state index in [4.69, 9.17) is 4.84 Å². The Bertz CT molecular complexity index is 312. The Morgan fingerprint density at radius 3 is 2.86 bits per heavy atom. The van der Waals surface area contributed by atoms with Crippen molar-refractivity contribution in [2.75, 3.05) is 12.4 Å². The van der Waals surface area contributed by atoms with Gasteiger partial charge in [-0.1, -0.05) is 21.1 Å². The SMILES string of the molecule is CON=C(CCCBr)c1ccc(Br)s1. The number of oxime groups is 1. The topological polar surface area (TPSA) is 21.6 Å². The van der Waals surface area contributed by atoms with E-state index in [2.05, 4.69) is 43.1 Å². The lowest BCUT2D eigenvalue weighted by Crippen LogP contribution is -1.99. The second-order valence-corrected chi connectivity index (χ2v) is 5.87. The third kappa shape index (κ3) is 3.71. The second kappa shape index (κ2) is 6.58. The fraction of sp³-hybridized carbons (Fsp3) is 0.444. The van der Waals surface area contributed by atoms with Gasteiger partial charge in [0, 0.05) is 5.33 Å². The van der Waals surface area contributed by atoms with Gasteiger partial charge in [0.25, 0.3) is 0 Å². The fourth-order valence-corrected chi connectivity index (χ4v) is 2.70. The van der Waals surface area contributed by atoms with Crippen molar-refractivity contribution < 1.29 is 4.84 Å². The van der Waals surface area contributed by atoms with Crippen LogP contribution in [-0.4, -0.2) is 18.2 Å². The Hall–Kier alpha value is 0.130. The highest BCUT2D eigenvalue weighted by Crippen LogP contribution is 2.24. The first-order chi connectivity index (χ1) is 6.77. The summed E-state index contributed by atoms with van der Waals surface area (Å²) in [5, 5.41) is 5.02. The summed E-state index contributed by atoms with van der Waals surface area (Å²) >= 11 is 8.52. The van der Waals surface area contributed by atoms with Crippen molar-refractivity contribution in [1.82, 2.24) is 0 Å². The predicted molar refractivity (Wildman–Crippen MR) is 68.6 cm³/mol. The predicted octanol–water partition coefficient (Wildman–Crippen LogP) is 4.04. The van der Waals surface area contributed by atoms with Crippen LogP contribution in [0.5, 0.6) is 0 Å². The largest absolute Gasteiger partial charge is 0.399 e. The molecule has 2 nitrogen and oxygen atoms in total. The molecule has 0 radical (unpaired) electrons. The summed E-state index contributed by atoms with van der Waals surface area (Å²) in [5.41, 5.74) is 1.02. The highest BCUT2D eigenvalue weighted by molar-refractivity contribution is 9.11. The summed E-state index contributed by atoms with van der Waals surface area (Å²) in [4.78, 5) is 6.00. The van der Waals surface area contributed by atoms with Gasteiger partial charge in [-0.15, -0.1) is 11.3 Å². The van der Waals surface area contributed by atoms with Crippen LogP contribution in [0.4, 0.5) is 0 Å². The normalized spacial score (nSPS) is 11.8. The minimum absolute atomic E-state index is 0.937. The van der Waals surface area contributed by atoms with E-state index in [0.717, 1.165) is 27.7 Å². The highest BCUT2D eigenvalue weighted by Gasteiger charge is 2.06. The van der Waals surface area contributed by atoms with Gasteiger partial charge in [-0.3, -0.25) is 0 Å². The molecule has 0 spiro atoms. The number of nitrogens with zero attached hydrogens (tertiary/aromatic N) is 1. The lowest BCUT2D eigenvalue weighted by molar-refractivity contribution is 0.213. The van der Waals surface area contributed by atoms with Gasteiger partial charge in [0.1, 0.15) is 7.11 Å². The lowest BCUT2D eigenvalue weighted by atomic mass is 10.2. The van der Waals surface area contributed by atoms with E-state index in [9.17, 15) is 0 Å². The molecule has 0 atom stereocenters. The average molecular weight is 341 g/mol. The molecule has 78 valence electrons. The third-order valence-electron chi connectivity index (χ3n) is 1.61. The van der Waals surface area contributed by atoms with Gasteiger partial charge in [0.2, 0.25) is 0 Å². The number of thiophene rings is 1. The van der Waals surface area contributed by atoms with Crippen molar-refractivity contribution in [1.29, 1.82) is 0 Å². The molecule has 0 unspecified atom stereocenters. The average Bonchev–Trinajstić information content (AvgIpc) is 2.59. The van der Waals surface area contributed by atoms with Gasteiger partial charge in [-0.05, 0) is 40.9 Å². The van der Waals surface area contributed by atoms with Crippen LogP contribution in [0.15, 0.2) is 21.1 Å². The molecule has 14 heavy (non-hydrogen) atoms. The van der Waals surface area contributed by atoms with Crippen molar-refractivity contribution >= 4 is 48.9 Å². The first kappa shape index (κ1) is 12.2. The molecule has 0 aliphatic heterocycles.